The van der Waals surface area contributed by atoms with E-state index in [-0.39, 0.29) is 0 Å². The van der Waals surface area contributed by atoms with Gasteiger partial charge in [-0.15, -0.1) is 0 Å². The zero-order valence-electron chi connectivity index (χ0n) is 14.2. The second-order valence-corrected chi connectivity index (χ2v) is 6.17. The molecule has 1 amide bonds. The molecule has 1 heterocycles. The highest BCUT2D eigenvalue weighted by Gasteiger charge is 2.17. The van der Waals surface area contributed by atoms with Gasteiger partial charge in [0.1, 0.15) is 0 Å². The third-order valence-electron chi connectivity index (χ3n) is 4.21. The number of carbonyl (C=O) groups is 1. The summed E-state index contributed by atoms with van der Waals surface area (Å²) < 4.78 is 0. The molecule has 4 nitrogen and oxygen atoms in total. The van der Waals surface area contributed by atoms with E-state index in [1.54, 1.807) is 0 Å². The van der Waals surface area contributed by atoms with Gasteiger partial charge >= 0.3 is 0 Å². The van der Waals surface area contributed by atoms with Gasteiger partial charge < -0.3 is 10.2 Å². The number of nitrogens with zero attached hydrogens (tertiary/aromatic N) is 2. The van der Waals surface area contributed by atoms with Crippen molar-refractivity contribution in [3.63, 3.8) is 0 Å². The quantitative estimate of drug-likeness (QED) is 0.629. The first-order valence-corrected chi connectivity index (χ1v) is 8.98. The molecule has 0 bridgehead atoms. The van der Waals surface area contributed by atoms with Gasteiger partial charge in [0, 0.05) is 26.2 Å². The molecule has 1 N–H and O–H groups in total. The lowest BCUT2D eigenvalue weighted by Crippen LogP contribution is -2.42. The molecule has 124 valence electrons. The van der Waals surface area contributed by atoms with Gasteiger partial charge in [0.05, 0.1) is 6.54 Å². The molecule has 0 unspecified atom stereocenters. The molecule has 1 aliphatic rings. The van der Waals surface area contributed by atoms with Crippen LogP contribution >= 0.6 is 0 Å². The number of hydrogen-bond acceptors (Lipinski definition) is 3. The lowest BCUT2D eigenvalue weighted by atomic mass is 10.2. The van der Waals surface area contributed by atoms with E-state index in [9.17, 15) is 4.79 Å². The lowest BCUT2D eigenvalue weighted by Gasteiger charge is -2.26. The Kier molecular flexibility index (Phi) is 10.5. The summed E-state index contributed by atoms with van der Waals surface area (Å²) >= 11 is 0. The minimum absolute atomic E-state index is 0.337. The van der Waals surface area contributed by atoms with Crippen molar-refractivity contribution in [2.45, 2.75) is 58.8 Å². The van der Waals surface area contributed by atoms with Gasteiger partial charge in [0.15, 0.2) is 0 Å². The first-order valence-electron chi connectivity index (χ1n) is 8.98. The normalized spacial score (nSPS) is 16.7. The molecule has 0 radical (unpaired) electrons. The van der Waals surface area contributed by atoms with E-state index < -0.39 is 0 Å². The maximum absolute atomic E-state index is 12.6. The Morgan fingerprint density at radius 2 is 1.67 bits per heavy atom. The Morgan fingerprint density at radius 1 is 1.00 bits per heavy atom. The molecule has 0 aromatic carbocycles. The Labute approximate surface area is 131 Å². The molecule has 0 aromatic heterocycles. The lowest BCUT2D eigenvalue weighted by molar-refractivity contribution is -0.132. The van der Waals surface area contributed by atoms with E-state index in [2.05, 4.69) is 29.0 Å². The van der Waals surface area contributed by atoms with Gasteiger partial charge in [-0.25, -0.2) is 0 Å². The van der Waals surface area contributed by atoms with Crippen LogP contribution in [0.2, 0.25) is 0 Å². The molecule has 0 aromatic rings. The predicted octanol–water partition coefficient (Wildman–Crippen LogP) is 2.49. The molecule has 4 heteroatoms. The summed E-state index contributed by atoms with van der Waals surface area (Å²) in [6.45, 7) is 11.1. The fourth-order valence-corrected chi connectivity index (χ4v) is 2.82. The fraction of sp³-hybridized carbons (Fsp3) is 0.941. The summed E-state index contributed by atoms with van der Waals surface area (Å²) in [7, 11) is 0. The number of hydrogen-bond donors (Lipinski definition) is 1. The summed E-state index contributed by atoms with van der Waals surface area (Å²) in [6, 6.07) is 0. The van der Waals surface area contributed by atoms with Crippen molar-refractivity contribution in [2.75, 3.05) is 45.8 Å². The molecule has 1 rings (SSSR count). The number of unbranched alkanes of at least 4 members (excludes halogenated alkanes) is 4. The number of amides is 1. The molecule has 1 saturated heterocycles. The second kappa shape index (κ2) is 12.0. The van der Waals surface area contributed by atoms with Crippen molar-refractivity contribution in [3.8, 4) is 0 Å². The van der Waals surface area contributed by atoms with Crippen molar-refractivity contribution in [1.29, 1.82) is 0 Å². The first kappa shape index (κ1) is 18.4. The molecule has 1 fully saturated rings. The summed E-state index contributed by atoms with van der Waals surface area (Å²) in [5, 5.41) is 3.40. The van der Waals surface area contributed by atoms with Crippen molar-refractivity contribution in [3.05, 3.63) is 0 Å². The molecule has 0 saturated carbocycles. The van der Waals surface area contributed by atoms with E-state index >= 15 is 0 Å². The van der Waals surface area contributed by atoms with E-state index in [4.69, 9.17) is 0 Å². The van der Waals surface area contributed by atoms with Crippen LogP contribution in [0, 0.1) is 0 Å². The Bertz CT molecular complexity index is 253. The van der Waals surface area contributed by atoms with Gasteiger partial charge in [-0.3, -0.25) is 9.69 Å². The zero-order valence-corrected chi connectivity index (χ0v) is 14.2. The van der Waals surface area contributed by atoms with E-state index in [0.29, 0.717) is 12.5 Å². The van der Waals surface area contributed by atoms with Crippen LogP contribution in [-0.4, -0.2) is 61.5 Å². The highest BCUT2D eigenvalue weighted by atomic mass is 16.2. The maximum atomic E-state index is 12.6. The van der Waals surface area contributed by atoms with Crippen LogP contribution in [0.1, 0.15) is 58.8 Å². The Morgan fingerprint density at radius 3 is 2.29 bits per heavy atom. The second-order valence-electron chi connectivity index (χ2n) is 6.17. The SMILES string of the molecule is CCCCCN(CCCCC)C(=O)CN1CCCNCC1. The van der Waals surface area contributed by atoms with Gasteiger partial charge in [-0.2, -0.15) is 0 Å². The predicted molar refractivity (Wildman–Crippen MR) is 89.6 cm³/mol. The average molecular weight is 297 g/mol. The topological polar surface area (TPSA) is 35.6 Å². The van der Waals surface area contributed by atoms with Gasteiger partial charge in [0.2, 0.25) is 5.91 Å². The van der Waals surface area contributed by atoms with Crippen LogP contribution in [0.5, 0.6) is 0 Å². The molecule has 0 spiro atoms. The van der Waals surface area contributed by atoms with Gasteiger partial charge in [-0.1, -0.05) is 39.5 Å². The number of rotatable bonds is 10. The van der Waals surface area contributed by atoms with Crippen LogP contribution in [0.3, 0.4) is 0 Å². The Hall–Kier alpha value is -0.610. The smallest absolute Gasteiger partial charge is 0.236 e. The first-order chi connectivity index (χ1) is 10.3. The highest BCUT2D eigenvalue weighted by Crippen LogP contribution is 2.05. The highest BCUT2D eigenvalue weighted by molar-refractivity contribution is 5.78. The molecule has 0 aliphatic carbocycles. The van der Waals surface area contributed by atoms with Crippen LogP contribution in [0.25, 0.3) is 0 Å². The van der Waals surface area contributed by atoms with Crippen LogP contribution < -0.4 is 5.32 Å². The third-order valence-corrected chi connectivity index (χ3v) is 4.21. The summed E-state index contributed by atoms with van der Waals surface area (Å²) in [5.74, 6) is 0.337. The van der Waals surface area contributed by atoms with Crippen molar-refractivity contribution < 1.29 is 4.79 Å². The molecule has 21 heavy (non-hydrogen) atoms. The summed E-state index contributed by atoms with van der Waals surface area (Å²) in [5.41, 5.74) is 0. The number of nitrogens with one attached hydrogen (secondary N) is 1. The molecular formula is C17H35N3O. The van der Waals surface area contributed by atoms with Gasteiger partial charge in [0.25, 0.3) is 0 Å². The largest absolute Gasteiger partial charge is 0.342 e. The van der Waals surface area contributed by atoms with Gasteiger partial charge in [-0.05, 0) is 32.4 Å². The molecule has 0 atom stereocenters. The van der Waals surface area contributed by atoms with Crippen molar-refractivity contribution in [2.24, 2.45) is 0 Å². The van der Waals surface area contributed by atoms with E-state index in [1.165, 1.54) is 25.7 Å². The van der Waals surface area contributed by atoms with E-state index in [1.807, 2.05) is 0 Å². The summed E-state index contributed by atoms with van der Waals surface area (Å²) in [6.07, 6.45) is 8.34. The monoisotopic (exact) mass is 297 g/mol. The zero-order chi connectivity index (χ0) is 15.3. The van der Waals surface area contributed by atoms with Crippen LogP contribution in [0.15, 0.2) is 0 Å². The minimum Gasteiger partial charge on any atom is -0.342 e. The fourth-order valence-electron chi connectivity index (χ4n) is 2.82. The average Bonchev–Trinajstić information content (AvgIpc) is 2.74. The molecular weight excluding hydrogens is 262 g/mol. The third kappa shape index (κ3) is 8.42. The summed E-state index contributed by atoms with van der Waals surface area (Å²) in [4.78, 5) is 17.0. The standard InChI is InChI=1S/C17H35N3O/c1-3-5-7-13-20(14-8-6-4-2)17(21)16-19-12-9-10-18-11-15-19/h18H,3-16H2,1-2H3. The number of carbonyl (C=O) groups excluding carboxylic acids is 1. The van der Waals surface area contributed by atoms with E-state index in [0.717, 1.165) is 58.5 Å². The maximum Gasteiger partial charge on any atom is 0.236 e. The molecule has 1 aliphatic heterocycles. The van der Waals surface area contributed by atoms with Crippen molar-refractivity contribution >= 4 is 5.91 Å². The van der Waals surface area contributed by atoms with Crippen LogP contribution in [0.4, 0.5) is 0 Å². The van der Waals surface area contributed by atoms with Crippen LogP contribution in [-0.2, 0) is 4.79 Å². The Balaban J connectivity index is 2.39. The van der Waals surface area contributed by atoms with Crippen molar-refractivity contribution in [1.82, 2.24) is 15.1 Å². The minimum atomic E-state index is 0.337.